The molecule has 238 valence electrons. The predicted molar refractivity (Wildman–Crippen MR) is 209 cm³/mol. The van der Waals surface area contributed by atoms with E-state index in [2.05, 4.69) is 133 Å². The van der Waals surface area contributed by atoms with Gasteiger partial charge in [0.05, 0.1) is 17.1 Å². The van der Waals surface area contributed by atoms with Crippen LogP contribution in [-0.4, -0.2) is 15.0 Å². The Kier molecular flexibility index (Phi) is 6.78. The third kappa shape index (κ3) is 5.04. The first-order chi connectivity index (χ1) is 25.3. The van der Waals surface area contributed by atoms with E-state index in [0.29, 0.717) is 5.82 Å². The lowest BCUT2D eigenvalue weighted by Gasteiger charge is -2.14. The van der Waals surface area contributed by atoms with Crippen molar-refractivity contribution >= 4 is 43.5 Å². The van der Waals surface area contributed by atoms with E-state index >= 15 is 0 Å². The average Bonchev–Trinajstić information content (AvgIpc) is 3.59. The number of pyridine rings is 1. The van der Waals surface area contributed by atoms with Gasteiger partial charge in [-0.2, -0.15) is 0 Å². The number of fused-ring (bicyclic) bond motifs is 6. The number of aromatic nitrogens is 3. The molecule has 0 spiro atoms. The van der Waals surface area contributed by atoms with E-state index in [1.807, 2.05) is 42.6 Å². The number of para-hydroxylation sites is 1. The molecule has 0 N–H and O–H groups in total. The lowest BCUT2D eigenvalue weighted by Crippen LogP contribution is -1.97. The molecule has 0 unspecified atom stereocenters. The van der Waals surface area contributed by atoms with Crippen molar-refractivity contribution in [3.8, 4) is 56.3 Å². The Morgan fingerprint density at radius 2 is 1.04 bits per heavy atom. The number of furan rings is 1. The minimum absolute atomic E-state index is 0.679. The van der Waals surface area contributed by atoms with Crippen molar-refractivity contribution in [2.75, 3.05) is 0 Å². The molecule has 0 fully saturated rings. The number of hydrogen-bond donors (Lipinski definition) is 0. The van der Waals surface area contributed by atoms with Gasteiger partial charge in [-0.25, -0.2) is 9.97 Å². The topological polar surface area (TPSA) is 51.8 Å². The summed E-state index contributed by atoms with van der Waals surface area (Å²) in [4.78, 5) is 15.2. The molecule has 3 heterocycles. The lowest BCUT2D eigenvalue weighted by atomic mass is 9.95. The highest BCUT2D eigenvalue weighted by Gasteiger charge is 2.16. The van der Waals surface area contributed by atoms with E-state index < -0.39 is 0 Å². The molecule has 0 saturated heterocycles. The maximum Gasteiger partial charge on any atom is 0.160 e. The zero-order valence-corrected chi connectivity index (χ0v) is 27.5. The van der Waals surface area contributed by atoms with Crippen LogP contribution in [0.4, 0.5) is 0 Å². The second kappa shape index (κ2) is 11.9. The molecule has 0 radical (unpaired) electrons. The summed E-state index contributed by atoms with van der Waals surface area (Å²) in [6.45, 7) is 0. The Hall–Kier alpha value is -6.91. The Bertz CT molecular complexity index is 2910. The summed E-state index contributed by atoms with van der Waals surface area (Å²) in [6, 6.07) is 59.0. The highest BCUT2D eigenvalue weighted by atomic mass is 16.3. The quantitative estimate of drug-likeness (QED) is 0.174. The maximum absolute atomic E-state index is 6.09. The van der Waals surface area contributed by atoms with Crippen LogP contribution in [0.15, 0.2) is 180 Å². The molecule has 3 aromatic heterocycles. The van der Waals surface area contributed by atoms with Gasteiger partial charge in [0.25, 0.3) is 0 Å². The standard InChI is InChI=1S/C47H29N3O/c1-2-11-31(12-3-1)42-29-43(40-27-33-13-4-5-14-35(33)37-15-6-7-16-38(37)40)50-47(49-42)32-22-20-30(21-23-32)36-18-10-26-48-46(36)34-24-25-45-41(28-34)39-17-8-9-19-44(39)51-45/h1-29H. The van der Waals surface area contributed by atoms with E-state index in [4.69, 9.17) is 19.4 Å². The lowest BCUT2D eigenvalue weighted by molar-refractivity contribution is 0.669. The van der Waals surface area contributed by atoms with Crippen LogP contribution >= 0.6 is 0 Å². The SMILES string of the molecule is c1ccc(-c2cc(-c3cc4ccccc4c4ccccc34)nc(-c3ccc(-c4cccnc4-c4ccc5oc6ccccc6c5c4)cc3)n2)cc1. The van der Waals surface area contributed by atoms with Crippen molar-refractivity contribution in [1.82, 2.24) is 15.0 Å². The largest absolute Gasteiger partial charge is 0.456 e. The molecule has 4 heteroatoms. The van der Waals surface area contributed by atoms with Crippen molar-refractivity contribution in [2.24, 2.45) is 0 Å². The first-order valence-corrected chi connectivity index (χ1v) is 17.1. The number of hydrogen-bond acceptors (Lipinski definition) is 4. The van der Waals surface area contributed by atoms with Crippen molar-refractivity contribution in [3.63, 3.8) is 0 Å². The van der Waals surface area contributed by atoms with Crippen molar-refractivity contribution in [2.45, 2.75) is 0 Å². The fourth-order valence-electron chi connectivity index (χ4n) is 7.28. The van der Waals surface area contributed by atoms with Crippen LogP contribution in [0.3, 0.4) is 0 Å². The fraction of sp³-hybridized carbons (Fsp3) is 0. The van der Waals surface area contributed by atoms with Gasteiger partial charge >= 0.3 is 0 Å². The molecule has 0 aliphatic heterocycles. The van der Waals surface area contributed by atoms with Crippen LogP contribution in [0, 0.1) is 0 Å². The molecule has 51 heavy (non-hydrogen) atoms. The molecule has 0 aliphatic rings. The number of rotatable bonds is 5. The molecule has 10 rings (SSSR count). The summed E-state index contributed by atoms with van der Waals surface area (Å²) in [5.41, 5.74) is 10.7. The second-order valence-corrected chi connectivity index (χ2v) is 12.8. The maximum atomic E-state index is 6.09. The monoisotopic (exact) mass is 651 g/mol. The molecule has 10 aromatic rings. The smallest absolute Gasteiger partial charge is 0.160 e. The van der Waals surface area contributed by atoms with Gasteiger partial charge in [0.15, 0.2) is 5.82 Å². The fourth-order valence-corrected chi connectivity index (χ4v) is 7.28. The summed E-state index contributed by atoms with van der Waals surface area (Å²) < 4.78 is 6.09. The van der Waals surface area contributed by atoms with E-state index in [1.54, 1.807) is 0 Å². The Labute approximate surface area is 294 Å². The highest BCUT2D eigenvalue weighted by Crippen LogP contribution is 2.38. The van der Waals surface area contributed by atoms with Crippen molar-refractivity contribution in [1.29, 1.82) is 0 Å². The summed E-state index contributed by atoms with van der Waals surface area (Å²) in [5, 5.41) is 6.98. The van der Waals surface area contributed by atoms with Crippen LogP contribution in [0.5, 0.6) is 0 Å². The van der Waals surface area contributed by atoms with Crippen LogP contribution < -0.4 is 0 Å². The molecule has 0 atom stereocenters. The first-order valence-electron chi connectivity index (χ1n) is 17.1. The van der Waals surface area contributed by atoms with E-state index in [-0.39, 0.29) is 0 Å². The van der Waals surface area contributed by atoms with Crippen LogP contribution in [0.1, 0.15) is 0 Å². The second-order valence-electron chi connectivity index (χ2n) is 12.8. The Morgan fingerprint density at radius 3 is 1.90 bits per heavy atom. The summed E-state index contributed by atoms with van der Waals surface area (Å²) in [5.74, 6) is 0.679. The molecular formula is C47H29N3O. The van der Waals surface area contributed by atoms with Gasteiger partial charge < -0.3 is 4.42 Å². The molecule has 7 aromatic carbocycles. The third-order valence-corrected chi connectivity index (χ3v) is 9.75. The zero-order chi connectivity index (χ0) is 33.7. The predicted octanol–water partition coefficient (Wildman–Crippen LogP) is 12.4. The average molecular weight is 652 g/mol. The van der Waals surface area contributed by atoms with Gasteiger partial charge in [0, 0.05) is 44.8 Å². The summed E-state index contributed by atoms with van der Waals surface area (Å²) in [7, 11) is 0. The molecule has 0 bridgehead atoms. The molecule has 0 saturated carbocycles. The van der Waals surface area contributed by atoms with Gasteiger partial charge in [-0.05, 0) is 69.6 Å². The van der Waals surface area contributed by atoms with E-state index in [1.165, 1.54) is 21.5 Å². The van der Waals surface area contributed by atoms with Gasteiger partial charge in [-0.3, -0.25) is 4.98 Å². The van der Waals surface area contributed by atoms with Gasteiger partial charge in [-0.15, -0.1) is 0 Å². The molecule has 0 amide bonds. The minimum Gasteiger partial charge on any atom is -0.456 e. The van der Waals surface area contributed by atoms with Crippen molar-refractivity contribution in [3.05, 3.63) is 176 Å². The van der Waals surface area contributed by atoms with E-state index in [0.717, 1.165) is 72.4 Å². The zero-order valence-electron chi connectivity index (χ0n) is 27.5. The molecule has 4 nitrogen and oxygen atoms in total. The minimum atomic E-state index is 0.679. The third-order valence-electron chi connectivity index (χ3n) is 9.75. The highest BCUT2D eigenvalue weighted by molar-refractivity contribution is 6.13. The Morgan fingerprint density at radius 1 is 0.373 bits per heavy atom. The van der Waals surface area contributed by atoms with Crippen LogP contribution in [0.25, 0.3) is 99.8 Å². The number of benzene rings is 7. The summed E-state index contributed by atoms with van der Waals surface area (Å²) in [6.07, 6.45) is 1.85. The van der Waals surface area contributed by atoms with Crippen LogP contribution in [0.2, 0.25) is 0 Å². The van der Waals surface area contributed by atoms with Gasteiger partial charge in [-0.1, -0.05) is 127 Å². The first kappa shape index (κ1) is 29.0. The van der Waals surface area contributed by atoms with E-state index in [9.17, 15) is 0 Å². The molecule has 0 aliphatic carbocycles. The van der Waals surface area contributed by atoms with Gasteiger partial charge in [0.2, 0.25) is 0 Å². The van der Waals surface area contributed by atoms with Crippen molar-refractivity contribution < 1.29 is 4.42 Å². The number of nitrogens with zero attached hydrogens (tertiary/aromatic N) is 3. The normalized spacial score (nSPS) is 11.5. The Balaban J connectivity index is 1.09. The summed E-state index contributed by atoms with van der Waals surface area (Å²) >= 11 is 0. The van der Waals surface area contributed by atoms with Gasteiger partial charge in [0.1, 0.15) is 11.2 Å². The van der Waals surface area contributed by atoms with Crippen LogP contribution in [-0.2, 0) is 0 Å². The molecular weight excluding hydrogens is 623 g/mol.